The molecular weight excluding hydrogens is 882 g/mol. The molecule has 274 valence electrons. The monoisotopic (exact) mass is 910 g/mol. The van der Waals surface area contributed by atoms with E-state index in [0.29, 0.717) is 17.2 Å². The van der Waals surface area contributed by atoms with Gasteiger partial charge in [-0.1, -0.05) is 96.5 Å². The van der Waals surface area contributed by atoms with Crippen molar-refractivity contribution in [3.8, 4) is 39.6 Å². The van der Waals surface area contributed by atoms with Crippen molar-refractivity contribution in [1.82, 2.24) is 9.55 Å². The van der Waals surface area contributed by atoms with Gasteiger partial charge in [-0.05, 0) is 64.5 Å². The van der Waals surface area contributed by atoms with Gasteiger partial charge in [0, 0.05) is 67.4 Å². The van der Waals surface area contributed by atoms with Crippen LogP contribution < -0.4 is 14.5 Å². The predicted octanol–water partition coefficient (Wildman–Crippen LogP) is 12.6. The fraction of sp³-hybridized carbons (Fsp3) is 0. The molecule has 10 rings (SSSR count). The first kappa shape index (κ1) is 35.2. The number of ether oxygens (including phenoxy) is 1. The zero-order chi connectivity index (χ0) is 36.9. The van der Waals surface area contributed by atoms with Gasteiger partial charge in [-0.2, -0.15) is 6.07 Å². The van der Waals surface area contributed by atoms with Crippen molar-refractivity contribution < 1.29 is 34.6 Å². The van der Waals surface area contributed by atoms with E-state index in [1.54, 1.807) is 17.8 Å². The number of benzene rings is 7. The molecular formula is C48H29F2N4OPt-3. The van der Waals surface area contributed by atoms with Crippen molar-refractivity contribution in [3.05, 3.63) is 200 Å². The maximum atomic E-state index is 15.2. The predicted molar refractivity (Wildman–Crippen MR) is 215 cm³/mol. The Morgan fingerprint density at radius 2 is 1.23 bits per heavy atom. The number of halogens is 2. The van der Waals surface area contributed by atoms with Crippen LogP contribution in [-0.2, 0) is 21.1 Å². The SMILES string of the molecule is Fc1ccc(N2[CH-]N(c3[c-]c(Oc4[c-]c5c(cc4)c4ccccc4n5-c4ccccn4)cc(-c4ccc(-c5ccccc5)cc4)c3)c3ccccc32)c(F)c1.[Pt]. The molecule has 0 bridgehead atoms. The van der Waals surface area contributed by atoms with Crippen LogP contribution in [0, 0.1) is 30.4 Å². The zero-order valence-corrected chi connectivity index (χ0v) is 31.8. The molecule has 5 nitrogen and oxygen atoms in total. The summed E-state index contributed by atoms with van der Waals surface area (Å²) in [6, 6.07) is 59.0. The van der Waals surface area contributed by atoms with Gasteiger partial charge in [-0.3, -0.25) is 0 Å². The van der Waals surface area contributed by atoms with Gasteiger partial charge in [-0.25, -0.2) is 13.8 Å². The summed E-state index contributed by atoms with van der Waals surface area (Å²) in [6.07, 6.45) is 1.78. The Kier molecular flexibility index (Phi) is 9.16. The quantitative estimate of drug-likeness (QED) is 0.149. The van der Waals surface area contributed by atoms with Crippen molar-refractivity contribution in [2.75, 3.05) is 9.80 Å². The van der Waals surface area contributed by atoms with Crippen LogP contribution in [0.25, 0.3) is 49.9 Å². The summed E-state index contributed by atoms with van der Waals surface area (Å²) in [7, 11) is 0. The summed E-state index contributed by atoms with van der Waals surface area (Å²) in [5.41, 5.74) is 8.40. The normalized spacial score (nSPS) is 12.2. The molecule has 0 unspecified atom stereocenters. The average Bonchev–Trinajstić information content (AvgIpc) is 3.77. The summed E-state index contributed by atoms with van der Waals surface area (Å²) in [5.74, 6) is 0.451. The first-order valence-corrected chi connectivity index (χ1v) is 17.8. The second-order valence-electron chi connectivity index (χ2n) is 13.2. The summed E-state index contributed by atoms with van der Waals surface area (Å²) in [6.45, 7) is 1.79. The van der Waals surface area contributed by atoms with Crippen LogP contribution in [0.1, 0.15) is 0 Å². The average molecular weight is 911 g/mol. The molecule has 0 amide bonds. The third-order valence-corrected chi connectivity index (χ3v) is 9.87. The molecule has 9 aromatic rings. The summed E-state index contributed by atoms with van der Waals surface area (Å²) in [5, 5.41) is 2.12. The van der Waals surface area contributed by atoms with E-state index in [1.807, 2.05) is 95.9 Å². The van der Waals surface area contributed by atoms with E-state index >= 15 is 4.39 Å². The van der Waals surface area contributed by atoms with Crippen molar-refractivity contribution in [2.45, 2.75) is 0 Å². The standard InChI is InChI=1S/C48H29F2N4O.Pt/c49-36-21-24-44(42(50)28-36)53-31-52(45-14-6-7-15-46(45)53)37-26-35(34-19-17-33(18-20-34)32-10-2-1-3-11-32)27-39(29-37)55-38-22-23-41-40-12-4-5-13-43(40)54(47(41)30-38)48-16-8-9-25-51-48;/h1-28,31H;/q-3;. The number of nitrogens with zero attached hydrogens (tertiary/aromatic N) is 4. The van der Waals surface area contributed by atoms with E-state index in [9.17, 15) is 4.39 Å². The molecule has 1 aliphatic rings. The molecule has 3 heterocycles. The number of fused-ring (bicyclic) bond motifs is 4. The zero-order valence-electron chi connectivity index (χ0n) is 29.5. The Balaban J connectivity index is 0.00000410. The molecule has 1 aliphatic heterocycles. The molecule has 0 N–H and O–H groups in total. The van der Waals surface area contributed by atoms with E-state index in [1.165, 1.54) is 12.1 Å². The van der Waals surface area contributed by atoms with Crippen LogP contribution >= 0.6 is 0 Å². The van der Waals surface area contributed by atoms with E-state index in [4.69, 9.17) is 4.74 Å². The van der Waals surface area contributed by atoms with Crippen LogP contribution in [-0.4, -0.2) is 9.55 Å². The molecule has 8 heteroatoms. The largest absolute Gasteiger partial charge is 0.509 e. The molecule has 0 saturated carbocycles. The van der Waals surface area contributed by atoms with Gasteiger partial charge >= 0.3 is 0 Å². The number of hydrogen-bond donors (Lipinski definition) is 0. The maximum absolute atomic E-state index is 15.2. The molecule has 0 aliphatic carbocycles. The number of anilines is 4. The fourth-order valence-corrected chi connectivity index (χ4v) is 7.31. The third-order valence-electron chi connectivity index (χ3n) is 9.87. The molecule has 0 spiro atoms. The summed E-state index contributed by atoms with van der Waals surface area (Å²) in [4.78, 5) is 8.32. The fourth-order valence-electron chi connectivity index (χ4n) is 7.31. The molecule has 0 atom stereocenters. The second kappa shape index (κ2) is 14.6. The minimum absolute atomic E-state index is 0. The van der Waals surface area contributed by atoms with Crippen LogP contribution in [0.3, 0.4) is 0 Å². The van der Waals surface area contributed by atoms with Crippen molar-refractivity contribution >= 4 is 44.6 Å². The van der Waals surface area contributed by atoms with Gasteiger partial charge in [0.2, 0.25) is 0 Å². The topological polar surface area (TPSA) is 33.5 Å². The number of hydrogen-bond acceptors (Lipinski definition) is 4. The van der Waals surface area contributed by atoms with Crippen LogP contribution in [0.15, 0.2) is 170 Å². The Morgan fingerprint density at radius 3 is 2.00 bits per heavy atom. The number of para-hydroxylation sites is 3. The van der Waals surface area contributed by atoms with Crippen LogP contribution in [0.4, 0.5) is 31.5 Å². The van der Waals surface area contributed by atoms with Gasteiger partial charge in [0.25, 0.3) is 0 Å². The van der Waals surface area contributed by atoms with E-state index in [2.05, 4.69) is 76.3 Å². The first-order valence-electron chi connectivity index (χ1n) is 17.8. The maximum Gasteiger partial charge on any atom is 0.147 e. The van der Waals surface area contributed by atoms with Gasteiger partial charge in [0.15, 0.2) is 0 Å². The van der Waals surface area contributed by atoms with E-state index in [-0.39, 0.29) is 26.8 Å². The van der Waals surface area contributed by atoms with Gasteiger partial charge in [0.1, 0.15) is 17.5 Å². The molecule has 0 radical (unpaired) electrons. The van der Waals surface area contributed by atoms with E-state index < -0.39 is 11.6 Å². The summed E-state index contributed by atoms with van der Waals surface area (Å²) < 4.78 is 38.0. The Bertz CT molecular complexity index is 2860. The number of aromatic nitrogens is 2. The van der Waals surface area contributed by atoms with Gasteiger partial charge in [-0.15, -0.1) is 53.6 Å². The van der Waals surface area contributed by atoms with Gasteiger partial charge in [0.05, 0.1) is 0 Å². The van der Waals surface area contributed by atoms with Crippen molar-refractivity contribution in [1.29, 1.82) is 0 Å². The third kappa shape index (κ3) is 6.30. The molecule has 7 aromatic carbocycles. The molecule has 0 fully saturated rings. The smallest absolute Gasteiger partial charge is 0.147 e. The Hall–Kier alpha value is -6.56. The Labute approximate surface area is 336 Å². The number of pyridine rings is 1. The minimum Gasteiger partial charge on any atom is -0.509 e. The minimum atomic E-state index is -0.665. The molecule has 56 heavy (non-hydrogen) atoms. The molecule has 0 saturated heterocycles. The second-order valence-corrected chi connectivity index (χ2v) is 13.2. The first-order chi connectivity index (χ1) is 27.1. The molecule has 2 aromatic heterocycles. The van der Waals surface area contributed by atoms with Crippen LogP contribution in [0.5, 0.6) is 11.5 Å². The van der Waals surface area contributed by atoms with E-state index in [0.717, 1.165) is 67.3 Å². The van der Waals surface area contributed by atoms with Crippen molar-refractivity contribution in [2.24, 2.45) is 0 Å². The van der Waals surface area contributed by atoms with Gasteiger partial charge < -0.3 is 19.1 Å². The van der Waals surface area contributed by atoms with Crippen LogP contribution in [0.2, 0.25) is 0 Å². The van der Waals surface area contributed by atoms with Crippen molar-refractivity contribution in [3.63, 3.8) is 0 Å². The Morgan fingerprint density at radius 1 is 0.536 bits per heavy atom. The summed E-state index contributed by atoms with van der Waals surface area (Å²) >= 11 is 0. The number of rotatable bonds is 7.